The van der Waals surface area contributed by atoms with Crippen LogP contribution in [0.25, 0.3) is 0 Å². The summed E-state index contributed by atoms with van der Waals surface area (Å²) in [7, 11) is 0. The van der Waals surface area contributed by atoms with Crippen molar-refractivity contribution in [3.63, 3.8) is 0 Å². The third-order valence-electron chi connectivity index (χ3n) is 5.00. The van der Waals surface area contributed by atoms with Crippen LogP contribution in [0, 0.1) is 17.3 Å². The van der Waals surface area contributed by atoms with Gasteiger partial charge in [-0.3, -0.25) is 14.4 Å². The summed E-state index contributed by atoms with van der Waals surface area (Å²) in [5.41, 5.74) is 4.73. The molecule has 1 heterocycles. The van der Waals surface area contributed by atoms with Crippen molar-refractivity contribution in [2.45, 2.75) is 78.7 Å². The van der Waals surface area contributed by atoms with Gasteiger partial charge in [-0.2, -0.15) is 0 Å². The molecule has 1 aliphatic heterocycles. The molecule has 2 N–H and O–H groups in total. The SMILES string of the molecule is CC1CCCC=CCC(C(N)=O)OC(=O)CCC(C)(C)C(=O)C(C)C1. The van der Waals surface area contributed by atoms with Crippen molar-refractivity contribution < 1.29 is 19.1 Å². The highest BCUT2D eigenvalue weighted by Gasteiger charge is 2.33. The number of carbonyl (C=O) groups is 3. The summed E-state index contributed by atoms with van der Waals surface area (Å²) in [5, 5.41) is 0. The molecule has 0 fully saturated rings. The summed E-state index contributed by atoms with van der Waals surface area (Å²) in [6, 6.07) is 0. The van der Waals surface area contributed by atoms with E-state index in [1.807, 2.05) is 32.9 Å². The van der Waals surface area contributed by atoms with Crippen LogP contribution in [-0.2, 0) is 19.1 Å². The molecular weight excluding hydrogens is 318 g/mol. The minimum atomic E-state index is -0.937. The van der Waals surface area contributed by atoms with E-state index in [4.69, 9.17) is 10.5 Å². The summed E-state index contributed by atoms with van der Waals surface area (Å²) in [6.07, 6.45) is 7.61. The number of nitrogens with two attached hydrogens (primary N) is 1. The Bertz CT molecular complexity index is 510. The fraction of sp³-hybridized carbons (Fsp3) is 0.750. The highest BCUT2D eigenvalue weighted by Crippen LogP contribution is 2.31. The predicted octanol–water partition coefficient (Wildman–Crippen LogP) is 3.55. The number of primary amides is 1. The van der Waals surface area contributed by atoms with Crippen LogP contribution in [0.4, 0.5) is 0 Å². The summed E-state index contributed by atoms with van der Waals surface area (Å²) in [4.78, 5) is 36.3. The molecule has 0 radical (unpaired) electrons. The van der Waals surface area contributed by atoms with Gasteiger partial charge in [0.1, 0.15) is 5.78 Å². The first-order valence-corrected chi connectivity index (χ1v) is 9.31. The van der Waals surface area contributed by atoms with Crippen molar-refractivity contribution in [3.8, 4) is 0 Å². The smallest absolute Gasteiger partial charge is 0.306 e. The monoisotopic (exact) mass is 351 g/mol. The molecule has 3 unspecified atom stereocenters. The second-order valence-electron chi connectivity index (χ2n) is 8.01. The maximum absolute atomic E-state index is 12.7. The van der Waals surface area contributed by atoms with E-state index >= 15 is 0 Å². The first-order valence-electron chi connectivity index (χ1n) is 9.31. The number of amides is 1. The van der Waals surface area contributed by atoms with Crippen LogP contribution in [0.5, 0.6) is 0 Å². The summed E-state index contributed by atoms with van der Waals surface area (Å²) < 4.78 is 5.21. The first kappa shape index (κ1) is 21.4. The number of hydrogen-bond donors (Lipinski definition) is 1. The molecule has 0 aliphatic carbocycles. The average Bonchev–Trinajstić information content (AvgIpc) is 2.53. The Balaban J connectivity index is 2.87. The van der Waals surface area contributed by atoms with Crippen molar-refractivity contribution in [1.29, 1.82) is 0 Å². The highest BCUT2D eigenvalue weighted by atomic mass is 16.5. The van der Waals surface area contributed by atoms with Gasteiger partial charge in [0.15, 0.2) is 6.10 Å². The third-order valence-corrected chi connectivity index (χ3v) is 5.00. The first-order chi connectivity index (χ1) is 11.6. The number of esters is 1. The van der Waals surface area contributed by atoms with Gasteiger partial charge in [0.2, 0.25) is 0 Å². The lowest BCUT2D eigenvalue weighted by Gasteiger charge is -2.28. The second-order valence-corrected chi connectivity index (χ2v) is 8.01. The van der Waals surface area contributed by atoms with E-state index in [0.29, 0.717) is 18.8 Å². The average molecular weight is 351 g/mol. The molecule has 0 aromatic heterocycles. The number of cyclic esters (lactones) is 1. The molecule has 0 aromatic carbocycles. The third kappa shape index (κ3) is 7.41. The number of hydrogen-bond acceptors (Lipinski definition) is 4. The predicted molar refractivity (Wildman–Crippen MR) is 97.6 cm³/mol. The Labute approximate surface area is 151 Å². The van der Waals surface area contributed by atoms with Crippen LogP contribution in [-0.4, -0.2) is 23.8 Å². The van der Waals surface area contributed by atoms with Crippen molar-refractivity contribution in [2.24, 2.45) is 23.0 Å². The zero-order valence-corrected chi connectivity index (χ0v) is 16.0. The molecule has 0 aromatic rings. The number of ether oxygens (including phenoxy) is 1. The molecule has 3 atom stereocenters. The van der Waals surface area contributed by atoms with Crippen molar-refractivity contribution >= 4 is 17.7 Å². The molecule has 0 saturated carbocycles. The maximum Gasteiger partial charge on any atom is 0.306 e. The molecule has 1 aliphatic rings. The van der Waals surface area contributed by atoms with Crippen LogP contribution in [0.1, 0.15) is 72.6 Å². The molecular formula is C20H33NO4. The largest absolute Gasteiger partial charge is 0.452 e. The van der Waals surface area contributed by atoms with E-state index < -0.39 is 23.4 Å². The topological polar surface area (TPSA) is 86.5 Å². The second kappa shape index (κ2) is 9.73. The maximum atomic E-state index is 12.7. The van der Waals surface area contributed by atoms with Gasteiger partial charge in [-0.05, 0) is 31.6 Å². The van der Waals surface area contributed by atoms with Gasteiger partial charge >= 0.3 is 5.97 Å². The van der Waals surface area contributed by atoms with Gasteiger partial charge < -0.3 is 10.5 Å². The standard InChI is InChI=1S/C20H33NO4/c1-14-9-7-5-6-8-10-16(19(21)24)25-17(22)11-12-20(3,4)18(23)15(2)13-14/h6,8,14-16H,5,7,9-13H2,1-4H3,(H2,21,24). The number of Topliss-reactive ketones (excluding diaryl/α,β-unsaturated/α-hetero) is 1. The molecule has 1 rings (SSSR count). The molecule has 5 heteroatoms. The number of allylic oxidation sites excluding steroid dienone is 1. The lowest BCUT2D eigenvalue weighted by atomic mass is 9.75. The molecule has 25 heavy (non-hydrogen) atoms. The Kier molecular flexibility index (Phi) is 8.33. The van der Waals surface area contributed by atoms with Crippen LogP contribution in [0.2, 0.25) is 0 Å². The molecule has 0 bridgehead atoms. The van der Waals surface area contributed by atoms with Crippen LogP contribution < -0.4 is 5.73 Å². The Morgan fingerprint density at radius 2 is 1.92 bits per heavy atom. The van der Waals surface area contributed by atoms with Crippen molar-refractivity contribution in [2.75, 3.05) is 0 Å². The van der Waals surface area contributed by atoms with E-state index in [2.05, 4.69) is 6.92 Å². The van der Waals surface area contributed by atoms with Crippen molar-refractivity contribution in [1.82, 2.24) is 0 Å². The molecule has 142 valence electrons. The lowest BCUT2D eigenvalue weighted by Crippen LogP contribution is -2.34. The Morgan fingerprint density at radius 1 is 1.24 bits per heavy atom. The van der Waals surface area contributed by atoms with Gasteiger partial charge in [-0.25, -0.2) is 0 Å². The highest BCUT2D eigenvalue weighted by molar-refractivity contribution is 5.87. The van der Waals surface area contributed by atoms with E-state index in [9.17, 15) is 14.4 Å². The quantitative estimate of drug-likeness (QED) is 0.578. The number of ketones is 1. The van der Waals surface area contributed by atoms with Gasteiger partial charge in [0.25, 0.3) is 5.91 Å². The van der Waals surface area contributed by atoms with E-state index in [1.54, 1.807) is 0 Å². The van der Waals surface area contributed by atoms with Gasteiger partial charge in [0.05, 0.1) is 0 Å². The zero-order chi connectivity index (χ0) is 19.0. The van der Waals surface area contributed by atoms with E-state index in [0.717, 1.165) is 25.7 Å². The Morgan fingerprint density at radius 3 is 2.56 bits per heavy atom. The van der Waals surface area contributed by atoms with Crippen LogP contribution in [0.15, 0.2) is 12.2 Å². The van der Waals surface area contributed by atoms with E-state index in [-0.39, 0.29) is 18.1 Å². The normalized spacial score (nSPS) is 29.8. The van der Waals surface area contributed by atoms with Crippen LogP contribution in [0.3, 0.4) is 0 Å². The number of rotatable bonds is 1. The van der Waals surface area contributed by atoms with E-state index in [1.165, 1.54) is 0 Å². The lowest BCUT2D eigenvalue weighted by molar-refractivity contribution is -0.155. The molecule has 0 saturated heterocycles. The fourth-order valence-electron chi connectivity index (χ4n) is 3.40. The van der Waals surface area contributed by atoms with Crippen LogP contribution >= 0.6 is 0 Å². The summed E-state index contributed by atoms with van der Waals surface area (Å²) in [6.45, 7) is 7.91. The molecule has 1 amide bonds. The zero-order valence-electron chi connectivity index (χ0n) is 16.0. The minimum Gasteiger partial charge on any atom is -0.452 e. The Hall–Kier alpha value is -1.65. The fourth-order valence-corrected chi connectivity index (χ4v) is 3.40. The van der Waals surface area contributed by atoms with Gasteiger partial charge in [0, 0.05) is 24.2 Å². The summed E-state index contributed by atoms with van der Waals surface area (Å²) >= 11 is 0. The molecule has 0 spiro atoms. The minimum absolute atomic E-state index is 0.0252. The summed E-state index contributed by atoms with van der Waals surface area (Å²) in [5.74, 6) is -0.476. The van der Waals surface area contributed by atoms with Gasteiger partial charge in [-0.15, -0.1) is 0 Å². The molecule has 5 nitrogen and oxygen atoms in total. The van der Waals surface area contributed by atoms with Crippen molar-refractivity contribution in [3.05, 3.63) is 12.2 Å². The van der Waals surface area contributed by atoms with Gasteiger partial charge in [-0.1, -0.05) is 46.3 Å². The number of carbonyl (C=O) groups excluding carboxylic acids is 3.